The van der Waals surface area contributed by atoms with Crippen LogP contribution in [0.5, 0.6) is 0 Å². The number of fused-ring (bicyclic) bond motifs is 1. The molecule has 2 aliphatic heterocycles. The standard InChI is InChI=1S/C21H15F3N6O3/c1-11-5-7-14(8-6-11)30-19(31)16-17(20(30)32)29(28-26-16)10-15-25-18(27-33-15)12-3-2-4-13(9-12)21(22,23)24/h2-9,16-17H,10H2,1H3/t16-,17+/m1/s1. The lowest BCUT2D eigenvalue weighted by atomic mass is 10.1. The Bertz CT molecular complexity index is 1270. The van der Waals surface area contributed by atoms with Gasteiger partial charge >= 0.3 is 6.18 Å². The third kappa shape index (κ3) is 3.62. The summed E-state index contributed by atoms with van der Waals surface area (Å²) in [5.41, 5.74) is 0.698. The molecule has 1 fully saturated rings. The average Bonchev–Trinajstić information content (AvgIpc) is 3.47. The number of carbonyl (C=O) groups is 2. The van der Waals surface area contributed by atoms with Crippen LogP contribution in [-0.2, 0) is 22.3 Å². The zero-order valence-electron chi connectivity index (χ0n) is 17.0. The number of nitrogens with zero attached hydrogens (tertiary/aromatic N) is 6. The highest BCUT2D eigenvalue weighted by molar-refractivity contribution is 6.25. The number of halogens is 3. The molecule has 0 bridgehead atoms. The molecule has 5 rings (SSSR count). The molecule has 168 valence electrons. The first-order chi connectivity index (χ1) is 15.7. The van der Waals surface area contributed by atoms with E-state index in [9.17, 15) is 22.8 Å². The van der Waals surface area contributed by atoms with E-state index in [0.717, 1.165) is 22.6 Å². The van der Waals surface area contributed by atoms with E-state index < -0.39 is 35.6 Å². The van der Waals surface area contributed by atoms with Crippen molar-refractivity contribution in [1.82, 2.24) is 15.1 Å². The van der Waals surface area contributed by atoms with Crippen molar-refractivity contribution in [2.75, 3.05) is 4.90 Å². The maximum atomic E-state index is 13.0. The lowest BCUT2D eigenvalue weighted by Gasteiger charge is -2.19. The number of hydrogen-bond acceptors (Lipinski definition) is 8. The van der Waals surface area contributed by atoms with Gasteiger partial charge in [0, 0.05) is 5.56 Å². The minimum Gasteiger partial charge on any atom is -0.337 e. The lowest BCUT2D eigenvalue weighted by Crippen LogP contribution is -2.39. The van der Waals surface area contributed by atoms with Crippen LogP contribution < -0.4 is 4.90 Å². The molecule has 0 spiro atoms. The number of aryl methyl sites for hydroxylation is 1. The van der Waals surface area contributed by atoms with E-state index in [1.54, 1.807) is 24.3 Å². The van der Waals surface area contributed by atoms with Crippen molar-refractivity contribution in [3.63, 3.8) is 0 Å². The SMILES string of the molecule is Cc1ccc(N2C(=O)[C@@H]3[C@@H](N=NN3Cc3nc(-c4cccc(C(F)(F)F)c4)no3)C2=O)cc1. The van der Waals surface area contributed by atoms with Crippen molar-refractivity contribution < 1.29 is 27.3 Å². The molecule has 2 amide bonds. The Morgan fingerprint density at radius 1 is 1.06 bits per heavy atom. The first kappa shape index (κ1) is 20.8. The molecule has 12 heteroatoms. The molecular formula is C21H15F3N6O3. The minimum atomic E-state index is -4.51. The molecule has 3 aromatic rings. The number of alkyl halides is 3. The van der Waals surface area contributed by atoms with Crippen LogP contribution in [0.1, 0.15) is 17.0 Å². The highest BCUT2D eigenvalue weighted by Gasteiger charge is 2.55. The lowest BCUT2D eigenvalue weighted by molar-refractivity contribution is -0.137. The van der Waals surface area contributed by atoms with Gasteiger partial charge in [-0.2, -0.15) is 23.3 Å². The third-order valence-corrected chi connectivity index (χ3v) is 5.36. The Labute approximate surface area is 184 Å². The quantitative estimate of drug-likeness (QED) is 0.556. The maximum Gasteiger partial charge on any atom is 0.416 e. The molecule has 2 aliphatic rings. The Kier molecular flexibility index (Phi) is 4.73. The van der Waals surface area contributed by atoms with Gasteiger partial charge in [0.25, 0.3) is 11.8 Å². The Morgan fingerprint density at radius 2 is 1.82 bits per heavy atom. The topological polar surface area (TPSA) is 104 Å². The zero-order chi connectivity index (χ0) is 23.3. The van der Waals surface area contributed by atoms with Gasteiger partial charge in [0.15, 0.2) is 12.1 Å². The Balaban J connectivity index is 1.35. The summed E-state index contributed by atoms with van der Waals surface area (Å²) in [7, 11) is 0. The molecule has 2 aromatic carbocycles. The van der Waals surface area contributed by atoms with Gasteiger partial charge < -0.3 is 4.52 Å². The van der Waals surface area contributed by atoms with Gasteiger partial charge in [-0.05, 0) is 31.2 Å². The first-order valence-corrected chi connectivity index (χ1v) is 9.84. The number of carbonyl (C=O) groups excluding carboxylic acids is 2. The van der Waals surface area contributed by atoms with Gasteiger partial charge in [0.05, 0.1) is 11.3 Å². The molecule has 0 unspecified atom stereocenters. The number of hydrogen-bond donors (Lipinski definition) is 0. The molecule has 3 heterocycles. The fourth-order valence-electron chi connectivity index (χ4n) is 3.71. The van der Waals surface area contributed by atoms with Crippen molar-refractivity contribution in [2.45, 2.75) is 31.7 Å². The van der Waals surface area contributed by atoms with Crippen molar-refractivity contribution >= 4 is 17.5 Å². The van der Waals surface area contributed by atoms with E-state index in [0.29, 0.717) is 5.69 Å². The van der Waals surface area contributed by atoms with Crippen LogP contribution in [-0.4, -0.2) is 39.0 Å². The van der Waals surface area contributed by atoms with Gasteiger partial charge in [-0.25, -0.2) is 4.90 Å². The van der Waals surface area contributed by atoms with Crippen molar-refractivity contribution in [1.29, 1.82) is 0 Å². The van der Waals surface area contributed by atoms with E-state index in [1.165, 1.54) is 17.1 Å². The van der Waals surface area contributed by atoms with E-state index in [1.807, 2.05) is 6.92 Å². The van der Waals surface area contributed by atoms with Crippen LogP contribution in [0.15, 0.2) is 63.4 Å². The summed E-state index contributed by atoms with van der Waals surface area (Å²) in [6, 6.07) is 9.49. The van der Waals surface area contributed by atoms with E-state index in [4.69, 9.17) is 4.52 Å². The van der Waals surface area contributed by atoms with Crippen LogP contribution in [0.2, 0.25) is 0 Å². The summed E-state index contributed by atoms with van der Waals surface area (Å²) in [5.74, 6) is -1.01. The predicted molar refractivity (Wildman–Crippen MR) is 106 cm³/mol. The zero-order valence-corrected chi connectivity index (χ0v) is 17.0. The van der Waals surface area contributed by atoms with Gasteiger partial charge in [-0.3, -0.25) is 14.6 Å². The molecule has 0 aliphatic carbocycles. The van der Waals surface area contributed by atoms with E-state index in [-0.39, 0.29) is 23.8 Å². The molecule has 0 saturated carbocycles. The largest absolute Gasteiger partial charge is 0.416 e. The number of benzene rings is 2. The molecule has 1 saturated heterocycles. The highest BCUT2D eigenvalue weighted by Crippen LogP contribution is 2.34. The van der Waals surface area contributed by atoms with Crippen LogP contribution >= 0.6 is 0 Å². The summed E-state index contributed by atoms with van der Waals surface area (Å²) in [6.07, 6.45) is -4.51. The number of amides is 2. The van der Waals surface area contributed by atoms with E-state index >= 15 is 0 Å². The first-order valence-electron chi connectivity index (χ1n) is 9.84. The van der Waals surface area contributed by atoms with Crippen LogP contribution in [0.25, 0.3) is 11.4 Å². The summed E-state index contributed by atoms with van der Waals surface area (Å²) < 4.78 is 44.1. The average molecular weight is 456 g/mol. The van der Waals surface area contributed by atoms with Crippen LogP contribution in [0, 0.1) is 6.92 Å². The number of imide groups is 1. The molecule has 2 atom stereocenters. The summed E-state index contributed by atoms with van der Waals surface area (Å²) in [4.78, 5) is 31.0. The molecular weight excluding hydrogens is 441 g/mol. The predicted octanol–water partition coefficient (Wildman–Crippen LogP) is 3.56. The second-order valence-corrected chi connectivity index (χ2v) is 7.63. The maximum absolute atomic E-state index is 13.0. The van der Waals surface area contributed by atoms with Crippen molar-refractivity contribution in [3.8, 4) is 11.4 Å². The van der Waals surface area contributed by atoms with Gasteiger partial charge in [0.1, 0.15) is 6.54 Å². The van der Waals surface area contributed by atoms with Gasteiger partial charge in [-0.15, -0.1) is 0 Å². The molecule has 0 N–H and O–H groups in total. The fraction of sp³-hybridized carbons (Fsp3) is 0.238. The van der Waals surface area contributed by atoms with Crippen molar-refractivity contribution in [2.24, 2.45) is 10.3 Å². The number of rotatable bonds is 4. The fourth-order valence-corrected chi connectivity index (χ4v) is 3.71. The summed E-state index contributed by atoms with van der Waals surface area (Å²) in [6.45, 7) is 1.75. The molecule has 1 aromatic heterocycles. The van der Waals surface area contributed by atoms with Crippen molar-refractivity contribution in [3.05, 3.63) is 65.5 Å². The smallest absolute Gasteiger partial charge is 0.337 e. The van der Waals surface area contributed by atoms with E-state index in [2.05, 4.69) is 20.5 Å². The normalized spacial score (nSPS) is 20.1. The molecule has 9 nitrogen and oxygen atoms in total. The van der Waals surface area contributed by atoms with Gasteiger partial charge in [0.2, 0.25) is 11.7 Å². The summed E-state index contributed by atoms with van der Waals surface area (Å²) in [5, 5.41) is 12.8. The number of anilines is 1. The monoisotopic (exact) mass is 456 g/mol. The second kappa shape index (κ2) is 7.50. The minimum absolute atomic E-state index is 0.0102. The van der Waals surface area contributed by atoms with Gasteiger partial charge in [-0.1, -0.05) is 40.2 Å². The Morgan fingerprint density at radius 3 is 2.55 bits per heavy atom. The highest BCUT2D eigenvalue weighted by atomic mass is 19.4. The van der Waals surface area contributed by atoms with Crippen LogP contribution in [0.4, 0.5) is 18.9 Å². The summed E-state index contributed by atoms with van der Waals surface area (Å²) >= 11 is 0. The van der Waals surface area contributed by atoms with Crippen LogP contribution in [0.3, 0.4) is 0 Å². The Hall–Kier alpha value is -4.09. The number of aromatic nitrogens is 2. The molecule has 0 radical (unpaired) electrons. The third-order valence-electron chi connectivity index (χ3n) is 5.36. The second-order valence-electron chi connectivity index (χ2n) is 7.63. The molecule has 33 heavy (non-hydrogen) atoms.